The number of ether oxygens (including phenoxy) is 1. The van der Waals surface area contributed by atoms with Crippen molar-refractivity contribution >= 4 is 17.3 Å². The van der Waals surface area contributed by atoms with E-state index in [2.05, 4.69) is 43.1 Å². The molecular weight excluding hydrogens is 234 g/mol. The van der Waals surface area contributed by atoms with E-state index >= 15 is 0 Å². The lowest BCUT2D eigenvalue weighted by atomic mass is 10.2. The lowest BCUT2D eigenvalue weighted by Gasteiger charge is -2.28. The molecule has 0 fully saturated rings. The normalized spacial score (nSPS) is 11.0. The fourth-order valence-electron chi connectivity index (χ4n) is 1.41. The van der Waals surface area contributed by atoms with E-state index in [1.165, 1.54) is 0 Å². The number of hydrogen-bond donors (Lipinski definition) is 1. The van der Waals surface area contributed by atoms with Gasteiger partial charge in [0.25, 0.3) is 0 Å². The fraction of sp³-hybridized carbons (Fsp3) is 0.917. The fourth-order valence-corrected chi connectivity index (χ4v) is 1.68. The highest BCUT2D eigenvalue weighted by molar-refractivity contribution is 7.80. The van der Waals surface area contributed by atoms with Gasteiger partial charge in [-0.05, 0) is 32.2 Å². The SMILES string of the molecule is COCCNC(=S)N(CCN(C)C)CC(C)C. The zero-order valence-electron chi connectivity index (χ0n) is 11.8. The third-order valence-electron chi connectivity index (χ3n) is 2.27. The molecule has 17 heavy (non-hydrogen) atoms. The molecule has 0 aromatic carbocycles. The van der Waals surface area contributed by atoms with Gasteiger partial charge in [-0.1, -0.05) is 13.8 Å². The highest BCUT2D eigenvalue weighted by Gasteiger charge is 2.10. The van der Waals surface area contributed by atoms with Crippen LogP contribution >= 0.6 is 12.2 Å². The van der Waals surface area contributed by atoms with Gasteiger partial charge in [0.1, 0.15) is 0 Å². The number of methoxy groups -OCH3 is 1. The van der Waals surface area contributed by atoms with Crippen molar-refractivity contribution in [2.75, 3.05) is 54.0 Å². The van der Waals surface area contributed by atoms with Crippen LogP contribution in [0.25, 0.3) is 0 Å². The van der Waals surface area contributed by atoms with Gasteiger partial charge in [0.15, 0.2) is 5.11 Å². The number of rotatable bonds is 8. The highest BCUT2D eigenvalue weighted by atomic mass is 32.1. The zero-order chi connectivity index (χ0) is 13.3. The molecule has 0 atom stereocenters. The van der Waals surface area contributed by atoms with Crippen LogP contribution in [-0.2, 0) is 4.74 Å². The number of likely N-dealkylation sites (N-methyl/N-ethyl adjacent to an activating group) is 1. The van der Waals surface area contributed by atoms with Crippen LogP contribution in [0.2, 0.25) is 0 Å². The Morgan fingerprint density at radius 3 is 2.41 bits per heavy atom. The summed E-state index contributed by atoms with van der Waals surface area (Å²) in [4.78, 5) is 4.40. The summed E-state index contributed by atoms with van der Waals surface area (Å²) >= 11 is 5.40. The van der Waals surface area contributed by atoms with Gasteiger partial charge in [-0.3, -0.25) is 0 Å². The van der Waals surface area contributed by atoms with Crippen LogP contribution in [-0.4, -0.2) is 68.9 Å². The zero-order valence-corrected chi connectivity index (χ0v) is 12.6. The summed E-state index contributed by atoms with van der Waals surface area (Å²) in [7, 11) is 5.85. The Morgan fingerprint density at radius 1 is 1.29 bits per heavy atom. The van der Waals surface area contributed by atoms with E-state index in [4.69, 9.17) is 17.0 Å². The molecule has 0 amide bonds. The van der Waals surface area contributed by atoms with E-state index in [1.54, 1.807) is 7.11 Å². The summed E-state index contributed by atoms with van der Waals surface area (Å²) in [5.41, 5.74) is 0. The molecule has 0 rings (SSSR count). The van der Waals surface area contributed by atoms with Crippen molar-refractivity contribution in [3.63, 3.8) is 0 Å². The Hall–Kier alpha value is -0.390. The lowest BCUT2D eigenvalue weighted by Crippen LogP contribution is -2.45. The Bertz CT molecular complexity index is 210. The second-order valence-electron chi connectivity index (χ2n) is 4.87. The summed E-state index contributed by atoms with van der Waals surface area (Å²) in [5, 5.41) is 4.06. The third-order valence-corrected chi connectivity index (χ3v) is 2.67. The van der Waals surface area contributed by atoms with Gasteiger partial charge in [0.05, 0.1) is 6.61 Å². The Kier molecular flexibility index (Phi) is 9.40. The largest absolute Gasteiger partial charge is 0.383 e. The van der Waals surface area contributed by atoms with Crippen molar-refractivity contribution < 1.29 is 4.74 Å². The van der Waals surface area contributed by atoms with Gasteiger partial charge >= 0.3 is 0 Å². The van der Waals surface area contributed by atoms with Crippen molar-refractivity contribution in [3.05, 3.63) is 0 Å². The molecule has 102 valence electrons. The molecule has 0 spiro atoms. The molecular formula is C12H27N3OS. The average molecular weight is 261 g/mol. The first-order valence-electron chi connectivity index (χ1n) is 6.13. The van der Waals surface area contributed by atoms with Gasteiger partial charge in [-0.25, -0.2) is 0 Å². The Labute approximate surface area is 111 Å². The van der Waals surface area contributed by atoms with Gasteiger partial charge in [0.2, 0.25) is 0 Å². The third kappa shape index (κ3) is 9.32. The van der Waals surface area contributed by atoms with E-state index in [0.717, 1.165) is 31.3 Å². The van der Waals surface area contributed by atoms with Crippen LogP contribution in [0.1, 0.15) is 13.8 Å². The topological polar surface area (TPSA) is 27.7 Å². The molecule has 0 aliphatic heterocycles. The smallest absolute Gasteiger partial charge is 0.169 e. The number of thiocarbonyl (C=S) groups is 1. The second-order valence-corrected chi connectivity index (χ2v) is 5.25. The Morgan fingerprint density at radius 2 is 1.94 bits per heavy atom. The monoisotopic (exact) mass is 261 g/mol. The average Bonchev–Trinajstić information content (AvgIpc) is 2.23. The molecule has 0 saturated carbocycles. The van der Waals surface area contributed by atoms with Gasteiger partial charge in [-0.2, -0.15) is 0 Å². The first kappa shape index (κ1) is 16.6. The van der Waals surface area contributed by atoms with E-state index < -0.39 is 0 Å². The molecule has 4 nitrogen and oxygen atoms in total. The number of nitrogens with one attached hydrogen (secondary N) is 1. The molecule has 0 aromatic heterocycles. The standard InChI is InChI=1S/C12H27N3OS/c1-11(2)10-15(8-7-14(3)4)12(17)13-6-9-16-5/h11H,6-10H2,1-5H3,(H,13,17). The summed E-state index contributed by atoms with van der Waals surface area (Å²) in [6.45, 7) is 8.84. The molecule has 5 heteroatoms. The van der Waals surface area contributed by atoms with Crippen molar-refractivity contribution in [3.8, 4) is 0 Å². The van der Waals surface area contributed by atoms with Crippen LogP contribution < -0.4 is 5.32 Å². The van der Waals surface area contributed by atoms with Crippen molar-refractivity contribution in [1.29, 1.82) is 0 Å². The van der Waals surface area contributed by atoms with Gasteiger partial charge in [-0.15, -0.1) is 0 Å². The molecule has 0 heterocycles. The van der Waals surface area contributed by atoms with E-state index in [1.807, 2.05) is 0 Å². The van der Waals surface area contributed by atoms with Crippen LogP contribution in [0.4, 0.5) is 0 Å². The van der Waals surface area contributed by atoms with Gasteiger partial charge < -0.3 is 19.9 Å². The van der Waals surface area contributed by atoms with Crippen LogP contribution in [0.5, 0.6) is 0 Å². The predicted molar refractivity (Wildman–Crippen MR) is 77.4 cm³/mol. The minimum absolute atomic E-state index is 0.610. The van der Waals surface area contributed by atoms with Crippen LogP contribution in [0, 0.1) is 5.92 Å². The maximum atomic E-state index is 5.40. The summed E-state index contributed by atoms with van der Waals surface area (Å²) in [6.07, 6.45) is 0. The molecule has 0 saturated heterocycles. The first-order chi connectivity index (χ1) is 7.97. The van der Waals surface area contributed by atoms with E-state index in [0.29, 0.717) is 12.5 Å². The highest BCUT2D eigenvalue weighted by Crippen LogP contribution is 1.99. The molecule has 1 N–H and O–H groups in total. The van der Waals surface area contributed by atoms with Crippen molar-refractivity contribution in [1.82, 2.24) is 15.1 Å². The first-order valence-corrected chi connectivity index (χ1v) is 6.54. The van der Waals surface area contributed by atoms with Crippen LogP contribution in [0.3, 0.4) is 0 Å². The maximum Gasteiger partial charge on any atom is 0.169 e. The molecule has 0 aromatic rings. The number of nitrogens with zero attached hydrogens (tertiary/aromatic N) is 2. The quantitative estimate of drug-likeness (QED) is 0.520. The second kappa shape index (κ2) is 9.62. The van der Waals surface area contributed by atoms with Crippen molar-refractivity contribution in [2.45, 2.75) is 13.8 Å². The van der Waals surface area contributed by atoms with E-state index in [-0.39, 0.29) is 0 Å². The van der Waals surface area contributed by atoms with Crippen LogP contribution in [0.15, 0.2) is 0 Å². The number of hydrogen-bond acceptors (Lipinski definition) is 3. The molecule has 0 radical (unpaired) electrons. The molecule has 0 aliphatic carbocycles. The molecule has 0 bridgehead atoms. The summed E-state index contributed by atoms with van der Waals surface area (Å²) in [5.74, 6) is 0.610. The van der Waals surface area contributed by atoms with Crippen molar-refractivity contribution in [2.24, 2.45) is 5.92 Å². The Balaban J connectivity index is 4.10. The summed E-state index contributed by atoms with van der Waals surface area (Å²) in [6, 6.07) is 0. The minimum Gasteiger partial charge on any atom is -0.383 e. The summed E-state index contributed by atoms with van der Waals surface area (Å²) < 4.78 is 5.00. The van der Waals surface area contributed by atoms with Gasteiger partial charge in [0, 0.05) is 33.3 Å². The lowest BCUT2D eigenvalue weighted by molar-refractivity contribution is 0.202. The molecule has 0 unspecified atom stereocenters. The molecule has 0 aliphatic rings. The predicted octanol–water partition coefficient (Wildman–Crippen LogP) is 1.03. The minimum atomic E-state index is 0.610. The van der Waals surface area contributed by atoms with E-state index in [9.17, 15) is 0 Å². The maximum absolute atomic E-state index is 5.40.